The van der Waals surface area contributed by atoms with Crippen molar-refractivity contribution in [3.05, 3.63) is 47.6 Å². The van der Waals surface area contributed by atoms with Crippen LogP contribution in [-0.2, 0) is 10.0 Å². The van der Waals surface area contributed by atoms with Gasteiger partial charge in [0.05, 0.1) is 34.5 Å². The van der Waals surface area contributed by atoms with Gasteiger partial charge in [0.2, 0.25) is 10.0 Å². The molecule has 0 radical (unpaired) electrons. The van der Waals surface area contributed by atoms with Crippen LogP contribution >= 0.6 is 11.6 Å². The minimum absolute atomic E-state index is 0.0670. The topological polar surface area (TPSA) is 96.2 Å². The Hall–Kier alpha value is -2.76. The van der Waals surface area contributed by atoms with Crippen molar-refractivity contribution >= 4 is 33.0 Å². The number of hydrogen-bond acceptors (Lipinski definition) is 7. The highest BCUT2D eigenvalue weighted by Gasteiger charge is 2.26. The fraction of sp³-hybridized carbons (Fsp3) is 0.458. The highest BCUT2D eigenvalue weighted by atomic mass is 35.5. The maximum atomic E-state index is 14.8. The lowest BCUT2D eigenvalue weighted by molar-refractivity contribution is 0.248. The lowest BCUT2D eigenvalue weighted by Crippen LogP contribution is -2.47. The van der Waals surface area contributed by atoms with E-state index in [1.54, 1.807) is 19.3 Å². The second-order valence-electron chi connectivity index (χ2n) is 9.39. The Morgan fingerprint density at radius 2 is 1.94 bits per heavy atom. The SMILES string of the molecule is CCCS(=O)(=O)Nc1ccc(F)c(-n2cc(-c3cncc(N4CCN(CC5CC5)CC4)c3)nn2)c1Cl. The van der Waals surface area contributed by atoms with Crippen LogP contribution in [0.15, 0.2) is 36.8 Å². The van der Waals surface area contributed by atoms with Gasteiger partial charge in [0.1, 0.15) is 11.4 Å². The third-order valence-electron chi connectivity index (χ3n) is 6.50. The van der Waals surface area contributed by atoms with E-state index in [0.29, 0.717) is 12.1 Å². The second kappa shape index (κ2) is 10.3. The maximum Gasteiger partial charge on any atom is 0.232 e. The van der Waals surface area contributed by atoms with Crippen LogP contribution in [0.1, 0.15) is 26.2 Å². The predicted octanol–water partition coefficient (Wildman–Crippen LogP) is 3.81. The van der Waals surface area contributed by atoms with Crippen LogP contribution in [0.2, 0.25) is 5.02 Å². The van der Waals surface area contributed by atoms with E-state index in [9.17, 15) is 12.8 Å². The van der Waals surface area contributed by atoms with Crippen molar-refractivity contribution in [3.63, 3.8) is 0 Å². The molecule has 36 heavy (non-hydrogen) atoms. The smallest absolute Gasteiger partial charge is 0.232 e. The summed E-state index contributed by atoms with van der Waals surface area (Å²) in [5, 5.41) is 8.16. The number of hydrogen-bond donors (Lipinski definition) is 1. The lowest BCUT2D eigenvalue weighted by atomic mass is 10.2. The third kappa shape index (κ3) is 5.63. The van der Waals surface area contributed by atoms with Gasteiger partial charge in [0, 0.05) is 44.5 Å². The maximum absolute atomic E-state index is 14.8. The molecule has 2 aliphatic rings. The number of pyridine rings is 1. The summed E-state index contributed by atoms with van der Waals surface area (Å²) in [5.74, 6) is 0.174. The summed E-state index contributed by atoms with van der Waals surface area (Å²) in [5.41, 5.74) is 2.26. The molecule has 0 spiro atoms. The number of nitrogens with one attached hydrogen (secondary N) is 1. The Bertz CT molecular complexity index is 1340. The number of nitrogens with zero attached hydrogens (tertiary/aromatic N) is 6. The number of benzene rings is 1. The molecule has 2 aromatic heterocycles. The standard InChI is InChI=1S/C24H29ClFN7O2S/c1-2-11-36(34,35)29-21-6-5-20(26)24(23(21)25)33-16-22(28-30-33)18-12-19(14-27-13-18)32-9-7-31(8-10-32)15-17-3-4-17/h5-6,12-14,16-17,29H,2-4,7-11,15H2,1H3. The van der Waals surface area contributed by atoms with Gasteiger partial charge >= 0.3 is 0 Å². The summed E-state index contributed by atoms with van der Waals surface area (Å²) in [6.07, 6.45) is 8.25. The van der Waals surface area contributed by atoms with Crippen LogP contribution < -0.4 is 9.62 Å². The molecule has 1 saturated heterocycles. The zero-order chi connectivity index (χ0) is 25.3. The molecule has 5 rings (SSSR count). The van der Waals surface area contributed by atoms with Gasteiger partial charge < -0.3 is 4.90 Å². The molecule has 0 amide bonds. The number of sulfonamides is 1. The summed E-state index contributed by atoms with van der Waals surface area (Å²) >= 11 is 6.41. The fourth-order valence-electron chi connectivity index (χ4n) is 4.42. The minimum Gasteiger partial charge on any atom is -0.368 e. The van der Waals surface area contributed by atoms with Gasteiger partial charge in [-0.25, -0.2) is 17.5 Å². The quantitative estimate of drug-likeness (QED) is 0.447. The molecule has 12 heteroatoms. The van der Waals surface area contributed by atoms with Crippen molar-refractivity contribution in [2.45, 2.75) is 26.2 Å². The lowest BCUT2D eigenvalue weighted by Gasteiger charge is -2.36. The van der Waals surface area contributed by atoms with E-state index in [1.807, 2.05) is 12.3 Å². The van der Waals surface area contributed by atoms with Crippen LogP contribution in [-0.4, -0.2) is 71.8 Å². The minimum atomic E-state index is -3.60. The molecular formula is C24H29ClFN7O2S. The first-order chi connectivity index (χ1) is 17.3. The summed E-state index contributed by atoms with van der Waals surface area (Å²) in [4.78, 5) is 9.24. The van der Waals surface area contributed by atoms with Gasteiger partial charge in [-0.15, -0.1) is 5.10 Å². The van der Waals surface area contributed by atoms with E-state index in [4.69, 9.17) is 11.6 Å². The highest BCUT2D eigenvalue weighted by molar-refractivity contribution is 7.92. The first kappa shape index (κ1) is 24.9. The molecular weight excluding hydrogens is 505 g/mol. The number of aromatic nitrogens is 4. The predicted molar refractivity (Wildman–Crippen MR) is 139 cm³/mol. The average molecular weight is 534 g/mol. The molecule has 1 aliphatic heterocycles. The van der Waals surface area contributed by atoms with Gasteiger partial charge in [-0.1, -0.05) is 23.7 Å². The third-order valence-corrected chi connectivity index (χ3v) is 8.36. The van der Waals surface area contributed by atoms with Crippen molar-refractivity contribution in [1.29, 1.82) is 0 Å². The second-order valence-corrected chi connectivity index (χ2v) is 11.6. The van der Waals surface area contributed by atoms with Crippen LogP contribution in [0, 0.1) is 11.7 Å². The molecule has 1 N–H and O–H groups in total. The van der Waals surface area contributed by atoms with Gasteiger partial charge in [-0.3, -0.25) is 14.6 Å². The molecule has 1 aliphatic carbocycles. The number of halogens is 2. The fourth-order valence-corrected chi connectivity index (χ4v) is 5.91. The van der Waals surface area contributed by atoms with Crippen molar-refractivity contribution in [2.24, 2.45) is 5.92 Å². The molecule has 1 aromatic carbocycles. The zero-order valence-electron chi connectivity index (χ0n) is 20.1. The summed E-state index contributed by atoms with van der Waals surface area (Å²) in [6, 6.07) is 4.45. The van der Waals surface area contributed by atoms with Crippen LogP contribution in [0.25, 0.3) is 16.9 Å². The van der Waals surface area contributed by atoms with Gasteiger partial charge in [-0.2, -0.15) is 0 Å². The van der Waals surface area contributed by atoms with E-state index in [-0.39, 0.29) is 22.2 Å². The summed E-state index contributed by atoms with van der Waals surface area (Å²) in [7, 11) is -3.60. The molecule has 9 nitrogen and oxygen atoms in total. The Kier molecular flexibility index (Phi) is 7.14. The van der Waals surface area contributed by atoms with Crippen molar-refractivity contribution in [2.75, 3.05) is 48.1 Å². The number of piperazine rings is 1. The molecule has 1 saturated carbocycles. The van der Waals surface area contributed by atoms with E-state index >= 15 is 0 Å². The van der Waals surface area contributed by atoms with Crippen molar-refractivity contribution in [3.8, 4) is 16.9 Å². The van der Waals surface area contributed by atoms with Gasteiger partial charge in [-0.05, 0) is 43.4 Å². The molecule has 0 bridgehead atoms. The normalized spacial score (nSPS) is 16.9. The Balaban J connectivity index is 1.35. The Morgan fingerprint density at radius 1 is 1.17 bits per heavy atom. The Morgan fingerprint density at radius 3 is 2.67 bits per heavy atom. The van der Waals surface area contributed by atoms with Crippen LogP contribution in [0.3, 0.4) is 0 Å². The van der Waals surface area contributed by atoms with Gasteiger partial charge in [0.15, 0.2) is 5.82 Å². The molecule has 3 heterocycles. The van der Waals surface area contributed by atoms with E-state index < -0.39 is 15.8 Å². The average Bonchev–Trinajstić information content (AvgIpc) is 3.54. The van der Waals surface area contributed by atoms with Crippen molar-refractivity contribution in [1.82, 2.24) is 24.9 Å². The molecule has 2 fully saturated rings. The monoisotopic (exact) mass is 533 g/mol. The number of anilines is 2. The summed E-state index contributed by atoms with van der Waals surface area (Å²) in [6.45, 7) is 6.90. The molecule has 0 atom stereocenters. The summed E-state index contributed by atoms with van der Waals surface area (Å²) < 4.78 is 42.8. The van der Waals surface area contributed by atoms with Crippen LogP contribution in [0.5, 0.6) is 0 Å². The Labute approximate surface area is 215 Å². The first-order valence-electron chi connectivity index (χ1n) is 12.2. The molecule has 0 unspecified atom stereocenters. The highest BCUT2D eigenvalue weighted by Crippen LogP contribution is 2.33. The molecule has 192 valence electrons. The van der Waals surface area contributed by atoms with Gasteiger partial charge in [0.25, 0.3) is 0 Å². The van der Waals surface area contributed by atoms with E-state index in [2.05, 4.69) is 29.8 Å². The van der Waals surface area contributed by atoms with Crippen LogP contribution in [0.4, 0.5) is 15.8 Å². The largest absolute Gasteiger partial charge is 0.368 e. The van der Waals surface area contributed by atoms with Crippen molar-refractivity contribution < 1.29 is 12.8 Å². The molecule has 3 aromatic rings. The number of rotatable bonds is 9. The van der Waals surface area contributed by atoms with E-state index in [0.717, 1.165) is 49.4 Å². The van der Waals surface area contributed by atoms with E-state index in [1.165, 1.54) is 30.1 Å². The zero-order valence-corrected chi connectivity index (χ0v) is 21.6. The first-order valence-corrected chi connectivity index (χ1v) is 14.2.